The topological polar surface area (TPSA) is 71.7 Å². The maximum Gasteiger partial charge on any atom is 0.315 e. The van der Waals surface area contributed by atoms with E-state index in [0.29, 0.717) is 22.2 Å². The molecule has 1 aromatic heterocycles. The molecule has 2 aromatic carbocycles. The fourth-order valence-electron chi connectivity index (χ4n) is 5.37. The van der Waals surface area contributed by atoms with Crippen molar-refractivity contribution in [3.8, 4) is 11.4 Å². The molecule has 2 aliphatic rings. The molecular formula is C24H22F3NO4. The fourth-order valence-corrected chi connectivity index (χ4v) is 5.37. The van der Waals surface area contributed by atoms with Crippen LogP contribution in [0.2, 0.25) is 0 Å². The number of hydrogen-bond donors (Lipinski definition) is 2. The molecule has 2 N–H and O–H groups in total. The standard InChI is InChI=1S/C24H22F3NO4/c1-22(2)12-32-24(10-23(11-24,20(26)27)21(30)31)18-17-15(4-3-5-16(17)29)28(19(18)22)14-8-6-13(25)7-9-14/h3-9,20,29H,10-12H2,1-2H3,(H,30,31). The van der Waals surface area contributed by atoms with E-state index in [9.17, 15) is 28.2 Å². The zero-order valence-electron chi connectivity index (χ0n) is 17.5. The van der Waals surface area contributed by atoms with Crippen molar-refractivity contribution in [1.82, 2.24) is 4.57 Å². The number of aromatic hydroxyl groups is 1. The normalized spacial score (nSPS) is 26.3. The summed E-state index contributed by atoms with van der Waals surface area (Å²) in [5.74, 6) is -2.01. The molecule has 3 aromatic rings. The van der Waals surface area contributed by atoms with Crippen LogP contribution in [-0.2, 0) is 20.5 Å². The number of benzene rings is 2. The average molecular weight is 445 g/mol. The minimum Gasteiger partial charge on any atom is -0.507 e. The van der Waals surface area contributed by atoms with Crippen LogP contribution in [0.25, 0.3) is 16.6 Å². The smallest absolute Gasteiger partial charge is 0.315 e. The van der Waals surface area contributed by atoms with Crippen LogP contribution in [0, 0.1) is 11.2 Å². The van der Waals surface area contributed by atoms with Crippen LogP contribution in [0.5, 0.6) is 5.75 Å². The number of ether oxygens (including phenoxy) is 1. The molecule has 168 valence electrons. The molecule has 0 amide bonds. The van der Waals surface area contributed by atoms with Gasteiger partial charge in [0, 0.05) is 40.6 Å². The molecule has 0 atom stereocenters. The molecule has 1 aliphatic heterocycles. The maximum absolute atomic E-state index is 13.8. The summed E-state index contributed by atoms with van der Waals surface area (Å²) >= 11 is 0. The summed E-state index contributed by atoms with van der Waals surface area (Å²) in [5, 5.41) is 20.8. The number of phenols is 1. The largest absolute Gasteiger partial charge is 0.507 e. The van der Waals surface area contributed by atoms with Crippen molar-refractivity contribution in [2.75, 3.05) is 6.61 Å². The minimum absolute atomic E-state index is 0.0508. The Morgan fingerprint density at radius 2 is 1.78 bits per heavy atom. The minimum atomic E-state index is -3.05. The molecule has 0 unspecified atom stereocenters. The lowest BCUT2D eigenvalue weighted by molar-refractivity contribution is -0.237. The number of nitrogens with zero attached hydrogens (tertiary/aromatic N) is 1. The highest BCUT2D eigenvalue weighted by Gasteiger charge is 2.68. The van der Waals surface area contributed by atoms with Gasteiger partial charge in [-0.2, -0.15) is 0 Å². The number of carboxylic acid groups (broad SMARTS) is 1. The first-order valence-electron chi connectivity index (χ1n) is 10.3. The van der Waals surface area contributed by atoms with Gasteiger partial charge in [-0.3, -0.25) is 4.79 Å². The Balaban J connectivity index is 1.83. The van der Waals surface area contributed by atoms with Gasteiger partial charge in [0.1, 0.15) is 17.0 Å². The predicted octanol–water partition coefficient (Wildman–Crippen LogP) is 5.11. The highest BCUT2D eigenvalue weighted by molar-refractivity contribution is 5.94. The average Bonchev–Trinajstić information content (AvgIpc) is 3.05. The van der Waals surface area contributed by atoms with Crippen LogP contribution in [0.1, 0.15) is 37.9 Å². The van der Waals surface area contributed by atoms with Gasteiger partial charge in [-0.25, -0.2) is 13.2 Å². The molecule has 5 nitrogen and oxygen atoms in total. The third-order valence-electron chi connectivity index (χ3n) is 6.91. The number of rotatable bonds is 3. The zero-order valence-corrected chi connectivity index (χ0v) is 17.5. The SMILES string of the molecule is CC1(C)COC2(CC(C(=O)O)(C(F)F)C2)c2c1n(-c1ccc(F)cc1)c1cccc(O)c21. The second-order valence-corrected chi connectivity index (χ2v) is 9.49. The van der Waals surface area contributed by atoms with E-state index in [1.807, 2.05) is 18.4 Å². The predicted molar refractivity (Wildman–Crippen MR) is 111 cm³/mol. The fraction of sp³-hybridized carbons (Fsp3) is 0.375. The van der Waals surface area contributed by atoms with Gasteiger partial charge in [0.25, 0.3) is 6.43 Å². The molecule has 32 heavy (non-hydrogen) atoms. The van der Waals surface area contributed by atoms with Gasteiger partial charge in [0.15, 0.2) is 0 Å². The van der Waals surface area contributed by atoms with Gasteiger partial charge in [0.05, 0.1) is 17.7 Å². The number of alkyl halides is 2. The van der Waals surface area contributed by atoms with Crippen molar-refractivity contribution in [3.63, 3.8) is 0 Å². The summed E-state index contributed by atoms with van der Waals surface area (Å²) in [7, 11) is 0. The van der Waals surface area contributed by atoms with Crippen molar-refractivity contribution in [3.05, 3.63) is 59.5 Å². The Morgan fingerprint density at radius 3 is 2.38 bits per heavy atom. The van der Waals surface area contributed by atoms with Gasteiger partial charge >= 0.3 is 5.97 Å². The summed E-state index contributed by atoms with van der Waals surface area (Å²) in [6.07, 6.45) is -3.84. The highest BCUT2D eigenvalue weighted by atomic mass is 19.3. The Kier molecular flexibility index (Phi) is 4.25. The van der Waals surface area contributed by atoms with Gasteiger partial charge in [-0.05, 0) is 36.4 Å². The summed E-state index contributed by atoms with van der Waals surface area (Å²) in [5.41, 5.74) is -1.53. The number of phenolic OH excluding ortho intramolecular Hbond substituents is 1. The summed E-state index contributed by atoms with van der Waals surface area (Å²) in [6.45, 7) is 4.05. The van der Waals surface area contributed by atoms with E-state index in [0.717, 1.165) is 5.69 Å². The molecule has 0 saturated heterocycles. The molecule has 0 radical (unpaired) electrons. The molecule has 1 aliphatic carbocycles. The van der Waals surface area contributed by atoms with Crippen LogP contribution in [-0.4, -0.2) is 33.8 Å². The van der Waals surface area contributed by atoms with E-state index < -0.39 is 47.5 Å². The molecule has 1 fully saturated rings. The van der Waals surface area contributed by atoms with E-state index in [4.69, 9.17) is 4.74 Å². The lowest BCUT2D eigenvalue weighted by Gasteiger charge is -2.56. The first-order valence-corrected chi connectivity index (χ1v) is 10.3. The van der Waals surface area contributed by atoms with Crippen LogP contribution in [0.4, 0.5) is 13.2 Å². The lowest BCUT2D eigenvalue weighted by Crippen LogP contribution is -2.61. The molecule has 0 bridgehead atoms. The molecule has 5 rings (SSSR count). The first kappa shape index (κ1) is 20.9. The van der Waals surface area contributed by atoms with Gasteiger partial charge in [0.2, 0.25) is 0 Å². The summed E-state index contributed by atoms with van der Waals surface area (Å²) in [4.78, 5) is 11.8. The van der Waals surface area contributed by atoms with E-state index in [1.54, 1.807) is 24.3 Å². The number of hydrogen-bond acceptors (Lipinski definition) is 3. The van der Waals surface area contributed by atoms with Gasteiger partial charge < -0.3 is 19.5 Å². The number of carboxylic acids is 1. The third kappa shape index (κ3) is 2.59. The molecule has 1 spiro atoms. The number of fused-ring (bicyclic) bond motifs is 4. The van der Waals surface area contributed by atoms with E-state index in [2.05, 4.69) is 0 Å². The van der Waals surface area contributed by atoms with Crippen LogP contribution < -0.4 is 0 Å². The lowest BCUT2D eigenvalue weighted by atomic mass is 9.54. The van der Waals surface area contributed by atoms with E-state index >= 15 is 0 Å². The number of carbonyl (C=O) groups is 1. The monoisotopic (exact) mass is 445 g/mol. The van der Waals surface area contributed by atoms with Crippen LogP contribution in [0.3, 0.4) is 0 Å². The van der Waals surface area contributed by atoms with E-state index in [1.165, 1.54) is 18.2 Å². The van der Waals surface area contributed by atoms with Crippen LogP contribution >= 0.6 is 0 Å². The quantitative estimate of drug-likeness (QED) is 0.588. The van der Waals surface area contributed by atoms with Crippen molar-refractivity contribution in [2.24, 2.45) is 5.41 Å². The summed E-state index contributed by atoms with van der Waals surface area (Å²) < 4.78 is 49.3. The van der Waals surface area contributed by atoms with Crippen molar-refractivity contribution in [2.45, 2.75) is 44.1 Å². The third-order valence-corrected chi connectivity index (χ3v) is 6.91. The second-order valence-electron chi connectivity index (χ2n) is 9.49. The van der Waals surface area contributed by atoms with E-state index in [-0.39, 0.29) is 12.4 Å². The van der Waals surface area contributed by atoms with Crippen molar-refractivity contribution < 1.29 is 32.9 Å². The Morgan fingerprint density at radius 1 is 1.12 bits per heavy atom. The number of halogens is 3. The maximum atomic E-state index is 13.8. The molecular weight excluding hydrogens is 423 g/mol. The molecule has 2 heterocycles. The Hall–Kier alpha value is -3.00. The second kappa shape index (κ2) is 6.51. The Bertz CT molecular complexity index is 1240. The number of aromatic nitrogens is 1. The first-order chi connectivity index (χ1) is 15.0. The van der Waals surface area contributed by atoms with Gasteiger partial charge in [-0.1, -0.05) is 19.9 Å². The highest BCUT2D eigenvalue weighted by Crippen LogP contribution is 2.64. The van der Waals surface area contributed by atoms with Crippen molar-refractivity contribution in [1.29, 1.82) is 0 Å². The zero-order chi connectivity index (χ0) is 23.1. The Labute approximate surface area is 182 Å². The van der Waals surface area contributed by atoms with Crippen molar-refractivity contribution >= 4 is 16.9 Å². The van der Waals surface area contributed by atoms with Gasteiger partial charge in [-0.15, -0.1) is 0 Å². The molecule has 8 heteroatoms. The molecule has 1 saturated carbocycles. The van der Waals surface area contributed by atoms with Crippen LogP contribution in [0.15, 0.2) is 42.5 Å². The summed E-state index contributed by atoms with van der Waals surface area (Å²) in [6, 6.07) is 10.8. The number of aliphatic carboxylic acids is 1.